The summed E-state index contributed by atoms with van der Waals surface area (Å²) in [6.45, 7) is 1.68. The molecule has 1 aliphatic carbocycles. The first-order chi connectivity index (χ1) is 8.88. The van der Waals surface area contributed by atoms with Crippen molar-refractivity contribution in [1.82, 2.24) is 0 Å². The Morgan fingerprint density at radius 2 is 1.68 bits per heavy atom. The van der Waals surface area contributed by atoms with Gasteiger partial charge >= 0.3 is 0 Å². The minimum atomic E-state index is -3.84. The van der Waals surface area contributed by atoms with Gasteiger partial charge in [0.15, 0.2) is 0 Å². The summed E-state index contributed by atoms with van der Waals surface area (Å²) in [4.78, 5) is 0.0599. The lowest BCUT2D eigenvalue weighted by Gasteiger charge is -2.10. The van der Waals surface area contributed by atoms with E-state index >= 15 is 0 Å². The van der Waals surface area contributed by atoms with Gasteiger partial charge in [0, 0.05) is 0 Å². The maximum absolute atomic E-state index is 13.0. The first-order valence-electron chi connectivity index (χ1n) is 6.13. The second kappa shape index (κ2) is 5.54. The molecule has 19 heavy (non-hydrogen) atoms. The molecule has 1 fully saturated rings. The summed E-state index contributed by atoms with van der Waals surface area (Å²) in [6, 6.07) is 6.24. The molecule has 106 valence electrons. The summed E-state index contributed by atoms with van der Waals surface area (Å²) in [5, 5.41) is 0. The zero-order valence-electron chi connectivity index (χ0n) is 10.6. The van der Waals surface area contributed by atoms with Crippen molar-refractivity contribution < 1.29 is 21.4 Å². The van der Waals surface area contributed by atoms with Gasteiger partial charge in [0.1, 0.15) is 12.3 Å². The molecule has 0 saturated heterocycles. The van der Waals surface area contributed by atoms with E-state index in [1.54, 1.807) is 12.1 Å². The van der Waals surface area contributed by atoms with E-state index in [4.69, 9.17) is 4.18 Å². The molecular weight excluding hydrogens is 274 g/mol. The highest BCUT2D eigenvalue weighted by molar-refractivity contribution is 7.86. The first-order valence-corrected chi connectivity index (χ1v) is 7.53. The molecule has 0 aromatic heterocycles. The molecule has 1 aromatic rings. The number of rotatable bonds is 4. The highest BCUT2D eigenvalue weighted by atomic mass is 32.2. The standard InChI is InChI=1S/C13H16F2O3S/c1-9-2-4-11(5-3-9)19(16,17)18-8-10-6-12(14)13(15)7-10/h2-5,10,12-13H,6-8H2,1H3/t10?,12-,13+. The second-order valence-electron chi connectivity index (χ2n) is 4.92. The lowest BCUT2D eigenvalue weighted by atomic mass is 10.1. The predicted molar refractivity (Wildman–Crippen MR) is 66.8 cm³/mol. The molecule has 0 amide bonds. The minimum absolute atomic E-state index is 0.0184. The van der Waals surface area contributed by atoms with E-state index < -0.39 is 22.5 Å². The third-order valence-electron chi connectivity index (χ3n) is 3.28. The number of hydrogen-bond acceptors (Lipinski definition) is 3. The van der Waals surface area contributed by atoms with E-state index in [0.29, 0.717) is 0 Å². The van der Waals surface area contributed by atoms with Gasteiger partial charge in [-0.1, -0.05) is 17.7 Å². The fraction of sp³-hybridized carbons (Fsp3) is 0.538. The van der Waals surface area contributed by atoms with E-state index in [1.165, 1.54) is 12.1 Å². The van der Waals surface area contributed by atoms with Crippen LogP contribution in [0.5, 0.6) is 0 Å². The predicted octanol–water partition coefficient (Wildman–Crippen LogP) is 2.79. The molecule has 3 nitrogen and oxygen atoms in total. The number of benzene rings is 1. The van der Waals surface area contributed by atoms with Crippen molar-refractivity contribution in [3.63, 3.8) is 0 Å². The molecule has 0 spiro atoms. The first kappa shape index (κ1) is 14.4. The van der Waals surface area contributed by atoms with Gasteiger partial charge < -0.3 is 0 Å². The molecule has 0 heterocycles. The number of alkyl halides is 2. The Morgan fingerprint density at radius 1 is 1.16 bits per heavy atom. The van der Waals surface area contributed by atoms with Crippen LogP contribution >= 0.6 is 0 Å². The van der Waals surface area contributed by atoms with Gasteiger partial charge in [0.2, 0.25) is 0 Å². The fourth-order valence-corrected chi connectivity index (χ4v) is 3.10. The molecular formula is C13H16F2O3S. The van der Waals surface area contributed by atoms with Crippen molar-refractivity contribution >= 4 is 10.1 Å². The Morgan fingerprint density at radius 3 is 2.21 bits per heavy atom. The normalized spacial score (nSPS) is 27.6. The molecule has 0 radical (unpaired) electrons. The third kappa shape index (κ3) is 3.51. The van der Waals surface area contributed by atoms with Crippen LogP contribution in [0, 0.1) is 12.8 Å². The van der Waals surface area contributed by atoms with Crippen molar-refractivity contribution in [2.24, 2.45) is 5.92 Å². The van der Waals surface area contributed by atoms with Crippen LogP contribution in [0.15, 0.2) is 29.2 Å². The maximum atomic E-state index is 13.0. The van der Waals surface area contributed by atoms with Crippen LogP contribution < -0.4 is 0 Å². The Labute approximate surface area is 111 Å². The van der Waals surface area contributed by atoms with Crippen molar-refractivity contribution in [3.05, 3.63) is 29.8 Å². The van der Waals surface area contributed by atoms with Gasteiger partial charge in [-0.15, -0.1) is 0 Å². The molecule has 0 aliphatic heterocycles. The smallest absolute Gasteiger partial charge is 0.266 e. The van der Waals surface area contributed by atoms with Gasteiger partial charge in [0.05, 0.1) is 11.5 Å². The second-order valence-corrected chi connectivity index (χ2v) is 6.54. The molecule has 6 heteroatoms. The average molecular weight is 290 g/mol. The van der Waals surface area contributed by atoms with Crippen LogP contribution in [-0.4, -0.2) is 27.4 Å². The van der Waals surface area contributed by atoms with Crippen LogP contribution in [0.3, 0.4) is 0 Å². The summed E-state index contributed by atoms with van der Waals surface area (Å²) in [5.74, 6) is -0.384. The van der Waals surface area contributed by atoms with Crippen LogP contribution in [0.25, 0.3) is 0 Å². The Kier molecular flexibility index (Phi) is 4.20. The molecule has 0 N–H and O–H groups in total. The zero-order valence-corrected chi connectivity index (χ0v) is 11.4. The zero-order chi connectivity index (χ0) is 14.0. The van der Waals surface area contributed by atoms with E-state index in [1.807, 2.05) is 6.92 Å². The highest BCUT2D eigenvalue weighted by Crippen LogP contribution is 2.31. The molecule has 2 rings (SSSR count). The lowest BCUT2D eigenvalue weighted by Crippen LogP contribution is -2.13. The van der Waals surface area contributed by atoms with Gasteiger partial charge in [0.25, 0.3) is 10.1 Å². The van der Waals surface area contributed by atoms with Gasteiger partial charge in [-0.3, -0.25) is 4.18 Å². The summed E-state index contributed by atoms with van der Waals surface area (Å²) in [5.41, 5.74) is 0.940. The molecule has 0 bridgehead atoms. The van der Waals surface area contributed by atoms with Crippen molar-refractivity contribution in [1.29, 1.82) is 0 Å². The summed E-state index contributed by atoms with van der Waals surface area (Å²) in [6.07, 6.45) is -2.97. The molecule has 1 unspecified atom stereocenters. The molecule has 1 aliphatic rings. The van der Waals surface area contributed by atoms with Gasteiger partial charge in [-0.25, -0.2) is 8.78 Å². The third-order valence-corrected chi connectivity index (χ3v) is 4.57. The van der Waals surface area contributed by atoms with E-state index in [-0.39, 0.29) is 30.3 Å². The van der Waals surface area contributed by atoms with Crippen LogP contribution in [0.1, 0.15) is 18.4 Å². The van der Waals surface area contributed by atoms with E-state index in [9.17, 15) is 17.2 Å². The van der Waals surface area contributed by atoms with Crippen LogP contribution in [0.4, 0.5) is 8.78 Å². The highest BCUT2D eigenvalue weighted by Gasteiger charge is 2.35. The van der Waals surface area contributed by atoms with Gasteiger partial charge in [-0.2, -0.15) is 8.42 Å². The van der Waals surface area contributed by atoms with Crippen LogP contribution in [0.2, 0.25) is 0 Å². The largest absolute Gasteiger partial charge is 0.296 e. The molecule has 3 atom stereocenters. The summed E-state index contributed by atoms with van der Waals surface area (Å²) >= 11 is 0. The molecule has 1 aromatic carbocycles. The topological polar surface area (TPSA) is 43.4 Å². The van der Waals surface area contributed by atoms with Crippen molar-refractivity contribution in [2.45, 2.75) is 37.0 Å². The SMILES string of the molecule is Cc1ccc(S(=O)(=O)OCC2C[C@@H](F)[C@@H](F)C2)cc1. The van der Waals surface area contributed by atoms with Crippen LogP contribution in [-0.2, 0) is 14.3 Å². The minimum Gasteiger partial charge on any atom is -0.266 e. The quantitative estimate of drug-likeness (QED) is 0.801. The fourth-order valence-electron chi connectivity index (χ4n) is 2.12. The monoisotopic (exact) mass is 290 g/mol. The Hall–Kier alpha value is -1.01. The summed E-state index contributed by atoms with van der Waals surface area (Å²) < 4.78 is 54.5. The maximum Gasteiger partial charge on any atom is 0.296 e. The number of halogens is 2. The number of aryl methyl sites for hydroxylation is 1. The van der Waals surface area contributed by atoms with Gasteiger partial charge in [-0.05, 0) is 37.8 Å². The average Bonchev–Trinajstić information content (AvgIpc) is 2.67. The Balaban J connectivity index is 1.97. The number of hydrogen-bond donors (Lipinski definition) is 0. The van der Waals surface area contributed by atoms with Crippen molar-refractivity contribution in [2.75, 3.05) is 6.61 Å². The molecule has 1 saturated carbocycles. The summed E-state index contributed by atoms with van der Waals surface area (Å²) in [7, 11) is -3.84. The van der Waals surface area contributed by atoms with E-state index in [0.717, 1.165) is 5.56 Å². The van der Waals surface area contributed by atoms with E-state index in [2.05, 4.69) is 0 Å². The Bertz CT molecular complexity index is 517. The van der Waals surface area contributed by atoms with Crippen molar-refractivity contribution in [3.8, 4) is 0 Å². The lowest BCUT2D eigenvalue weighted by molar-refractivity contribution is 0.199.